The molecule has 126 valence electrons. The zero-order valence-electron chi connectivity index (χ0n) is 14.0. The summed E-state index contributed by atoms with van der Waals surface area (Å²) < 4.78 is 5.09. The molecule has 0 aromatic heterocycles. The molecule has 0 bridgehead atoms. The van der Waals surface area contributed by atoms with E-state index in [1.165, 1.54) is 0 Å². The minimum Gasteiger partial charge on any atom is -0.497 e. The maximum absolute atomic E-state index is 12.1. The largest absolute Gasteiger partial charge is 0.497 e. The number of rotatable bonds is 5. The molecule has 0 unspecified atom stereocenters. The molecule has 1 saturated heterocycles. The van der Waals surface area contributed by atoms with Crippen molar-refractivity contribution in [2.75, 3.05) is 45.2 Å². The van der Waals surface area contributed by atoms with Crippen LogP contribution in [0.3, 0.4) is 0 Å². The predicted octanol–water partition coefficient (Wildman–Crippen LogP) is 1.43. The summed E-state index contributed by atoms with van der Waals surface area (Å²) in [5.41, 5.74) is 0.754. The Kier molecular flexibility index (Phi) is 5.98. The van der Waals surface area contributed by atoms with Crippen molar-refractivity contribution in [3.8, 4) is 5.75 Å². The van der Waals surface area contributed by atoms with Crippen molar-refractivity contribution < 1.29 is 14.3 Å². The van der Waals surface area contributed by atoms with Crippen molar-refractivity contribution in [2.45, 2.75) is 13.8 Å². The third-order valence-corrected chi connectivity index (χ3v) is 3.92. The van der Waals surface area contributed by atoms with Gasteiger partial charge in [-0.25, -0.2) is 0 Å². The summed E-state index contributed by atoms with van der Waals surface area (Å²) in [4.78, 5) is 28.0. The van der Waals surface area contributed by atoms with Gasteiger partial charge < -0.3 is 15.0 Å². The van der Waals surface area contributed by atoms with E-state index in [-0.39, 0.29) is 17.7 Å². The molecule has 1 N–H and O–H groups in total. The van der Waals surface area contributed by atoms with E-state index in [0.29, 0.717) is 19.6 Å². The lowest BCUT2D eigenvalue weighted by Crippen LogP contribution is -2.51. The fourth-order valence-corrected chi connectivity index (χ4v) is 2.57. The summed E-state index contributed by atoms with van der Waals surface area (Å²) in [6, 6.07) is 7.25. The highest BCUT2D eigenvalue weighted by Gasteiger charge is 2.23. The standard InChI is InChI=1S/C17H25N3O3/c1-13(2)17(22)20-10-8-19(9-11-20)12-16(21)18-14-4-6-15(23-3)7-5-14/h4-7,13H,8-12H2,1-3H3,(H,18,21). The monoisotopic (exact) mass is 319 g/mol. The molecule has 0 radical (unpaired) electrons. The normalized spacial score (nSPS) is 15.6. The number of nitrogens with zero attached hydrogens (tertiary/aromatic N) is 2. The highest BCUT2D eigenvalue weighted by molar-refractivity contribution is 5.92. The van der Waals surface area contributed by atoms with Gasteiger partial charge in [-0.15, -0.1) is 0 Å². The van der Waals surface area contributed by atoms with E-state index in [2.05, 4.69) is 10.2 Å². The van der Waals surface area contributed by atoms with Crippen molar-refractivity contribution in [2.24, 2.45) is 5.92 Å². The predicted molar refractivity (Wildman–Crippen MR) is 89.5 cm³/mol. The highest BCUT2D eigenvalue weighted by atomic mass is 16.5. The molecular formula is C17H25N3O3. The van der Waals surface area contributed by atoms with Gasteiger partial charge in [0, 0.05) is 37.8 Å². The zero-order valence-corrected chi connectivity index (χ0v) is 14.0. The summed E-state index contributed by atoms with van der Waals surface area (Å²) in [7, 11) is 1.61. The number of hydrogen-bond acceptors (Lipinski definition) is 4. The molecule has 1 aromatic rings. The van der Waals surface area contributed by atoms with Gasteiger partial charge in [-0.05, 0) is 24.3 Å². The van der Waals surface area contributed by atoms with Gasteiger partial charge in [0.05, 0.1) is 13.7 Å². The van der Waals surface area contributed by atoms with Crippen LogP contribution in [0.4, 0.5) is 5.69 Å². The van der Waals surface area contributed by atoms with Gasteiger partial charge in [-0.3, -0.25) is 14.5 Å². The number of carbonyl (C=O) groups is 2. The lowest BCUT2D eigenvalue weighted by Gasteiger charge is -2.35. The Labute approximate surface area is 137 Å². The number of piperazine rings is 1. The van der Waals surface area contributed by atoms with E-state index in [4.69, 9.17) is 4.74 Å². The molecule has 0 saturated carbocycles. The minimum atomic E-state index is -0.0428. The fraction of sp³-hybridized carbons (Fsp3) is 0.529. The van der Waals surface area contributed by atoms with E-state index < -0.39 is 0 Å². The maximum atomic E-state index is 12.1. The number of hydrogen-bond donors (Lipinski definition) is 1. The van der Waals surface area contributed by atoms with Gasteiger partial charge in [0.15, 0.2) is 0 Å². The molecule has 6 nitrogen and oxygen atoms in total. The molecule has 1 heterocycles. The molecule has 1 aliphatic rings. The Morgan fingerprint density at radius 1 is 1.13 bits per heavy atom. The quantitative estimate of drug-likeness (QED) is 0.892. The zero-order chi connectivity index (χ0) is 16.8. The van der Waals surface area contributed by atoms with Crippen molar-refractivity contribution in [3.05, 3.63) is 24.3 Å². The lowest BCUT2D eigenvalue weighted by atomic mass is 10.1. The van der Waals surface area contributed by atoms with E-state index in [1.54, 1.807) is 7.11 Å². The number of methoxy groups -OCH3 is 1. The van der Waals surface area contributed by atoms with E-state index in [1.807, 2.05) is 43.0 Å². The van der Waals surface area contributed by atoms with Crippen LogP contribution in [-0.4, -0.2) is 61.4 Å². The Balaban J connectivity index is 1.77. The van der Waals surface area contributed by atoms with Crippen LogP contribution in [-0.2, 0) is 9.59 Å². The molecule has 1 fully saturated rings. The van der Waals surface area contributed by atoms with Gasteiger partial charge in [0.25, 0.3) is 0 Å². The first kappa shape index (κ1) is 17.3. The summed E-state index contributed by atoms with van der Waals surface area (Å²) in [6.07, 6.45) is 0. The van der Waals surface area contributed by atoms with Gasteiger partial charge in [-0.2, -0.15) is 0 Å². The fourth-order valence-electron chi connectivity index (χ4n) is 2.57. The van der Waals surface area contributed by atoms with Crippen LogP contribution in [0, 0.1) is 5.92 Å². The number of benzene rings is 1. The average molecular weight is 319 g/mol. The Morgan fingerprint density at radius 2 is 1.74 bits per heavy atom. The van der Waals surface area contributed by atoms with Crippen molar-refractivity contribution in [3.63, 3.8) is 0 Å². The van der Waals surface area contributed by atoms with E-state index in [9.17, 15) is 9.59 Å². The smallest absolute Gasteiger partial charge is 0.238 e. The third-order valence-electron chi connectivity index (χ3n) is 3.92. The molecule has 6 heteroatoms. The first-order valence-corrected chi connectivity index (χ1v) is 7.94. The van der Waals surface area contributed by atoms with E-state index >= 15 is 0 Å². The van der Waals surface area contributed by atoms with Crippen LogP contribution < -0.4 is 10.1 Å². The van der Waals surface area contributed by atoms with Gasteiger partial charge >= 0.3 is 0 Å². The SMILES string of the molecule is COc1ccc(NC(=O)CN2CCN(C(=O)C(C)C)CC2)cc1. The number of amides is 2. The maximum Gasteiger partial charge on any atom is 0.238 e. The average Bonchev–Trinajstić information content (AvgIpc) is 2.55. The van der Waals surface area contributed by atoms with Gasteiger partial charge in [0.2, 0.25) is 11.8 Å². The molecule has 2 amide bonds. The summed E-state index contributed by atoms with van der Waals surface area (Å²) in [6.45, 7) is 7.01. The topological polar surface area (TPSA) is 61.9 Å². The first-order chi connectivity index (χ1) is 11.0. The summed E-state index contributed by atoms with van der Waals surface area (Å²) >= 11 is 0. The van der Waals surface area contributed by atoms with Crippen LogP contribution in [0.1, 0.15) is 13.8 Å². The van der Waals surface area contributed by atoms with E-state index in [0.717, 1.165) is 24.5 Å². The summed E-state index contributed by atoms with van der Waals surface area (Å²) in [5, 5.41) is 2.88. The second kappa shape index (κ2) is 7.97. The van der Waals surface area contributed by atoms with Crippen LogP contribution in [0.15, 0.2) is 24.3 Å². The third kappa shape index (κ3) is 4.96. The number of anilines is 1. The van der Waals surface area contributed by atoms with Crippen LogP contribution in [0.5, 0.6) is 5.75 Å². The second-order valence-electron chi connectivity index (χ2n) is 6.03. The Bertz CT molecular complexity index is 535. The van der Waals surface area contributed by atoms with Crippen molar-refractivity contribution in [1.29, 1.82) is 0 Å². The molecule has 1 aromatic carbocycles. The number of nitrogens with one attached hydrogen (secondary N) is 1. The highest BCUT2D eigenvalue weighted by Crippen LogP contribution is 2.15. The molecule has 0 aliphatic carbocycles. The second-order valence-corrected chi connectivity index (χ2v) is 6.03. The molecule has 1 aliphatic heterocycles. The van der Waals surface area contributed by atoms with Crippen LogP contribution in [0.25, 0.3) is 0 Å². The molecular weight excluding hydrogens is 294 g/mol. The Hall–Kier alpha value is -2.08. The van der Waals surface area contributed by atoms with Crippen molar-refractivity contribution in [1.82, 2.24) is 9.80 Å². The van der Waals surface area contributed by atoms with Gasteiger partial charge in [-0.1, -0.05) is 13.8 Å². The molecule has 23 heavy (non-hydrogen) atoms. The van der Waals surface area contributed by atoms with Gasteiger partial charge in [0.1, 0.15) is 5.75 Å². The van der Waals surface area contributed by atoms with Crippen molar-refractivity contribution >= 4 is 17.5 Å². The Morgan fingerprint density at radius 3 is 2.26 bits per heavy atom. The molecule has 0 spiro atoms. The first-order valence-electron chi connectivity index (χ1n) is 7.94. The van der Waals surface area contributed by atoms with Crippen LogP contribution >= 0.6 is 0 Å². The number of ether oxygens (including phenoxy) is 1. The molecule has 0 atom stereocenters. The number of carbonyl (C=O) groups excluding carboxylic acids is 2. The molecule has 2 rings (SSSR count). The lowest BCUT2D eigenvalue weighted by molar-refractivity contribution is -0.136. The minimum absolute atomic E-state index is 0.0277. The summed E-state index contributed by atoms with van der Waals surface area (Å²) in [5.74, 6) is 0.931. The van der Waals surface area contributed by atoms with Crippen LogP contribution in [0.2, 0.25) is 0 Å².